The maximum absolute atomic E-state index is 12.2. The maximum atomic E-state index is 12.2. The molecule has 0 atom stereocenters. The molecule has 1 fully saturated rings. The molecule has 20 heavy (non-hydrogen) atoms. The van der Waals surface area contributed by atoms with Crippen molar-refractivity contribution in [2.45, 2.75) is 19.8 Å². The summed E-state index contributed by atoms with van der Waals surface area (Å²) < 4.78 is 0. The van der Waals surface area contributed by atoms with Gasteiger partial charge in [-0.05, 0) is 49.3 Å². The number of carbonyl (C=O) groups excluding carboxylic acids is 1. The third kappa shape index (κ3) is 4.56. The molecule has 1 amide bonds. The fraction of sp³-hybridized carbons (Fsp3) is 0.571. The summed E-state index contributed by atoms with van der Waals surface area (Å²) in [7, 11) is 0. The fourth-order valence-electron chi connectivity index (χ4n) is 2.19. The highest BCUT2D eigenvalue weighted by molar-refractivity contribution is 7.99. The predicted molar refractivity (Wildman–Crippen MR) is 85.8 cm³/mol. The molecule has 6 heteroatoms. The van der Waals surface area contributed by atoms with Crippen LogP contribution in [-0.2, 0) is 0 Å². The summed E-state index contributed by atoms with van der Waals surface area (Å²) in [5.74, 6) is 3.56. The molecule has 1 aliphatic rings. The maximum Gasteiger partial charge on any atom is 0.251 e. The SMILES string of the molecule is CCNc1cc(C(=O)NCC2CCSCC2)cc(Cl)n1. The van der Waals surface area contributed by atoms with Gasteiger partial charge in [-0.3, -0.25) is 4.79 Å². The van der Waals surface area contributed by atoms with Crippen LogP contribution < -0.4 is 10.6 Å². The number of carbonyl (C=O) groups is 1. The molecular weight excluding hydrogens is 294 g/mol. The highest BCUT2D eigenvalue weighted by atomic mass is 35.5. The minimum atomic E-state index is -0.0771. The molecule has 2 heterocycles. The summed E-state index contributed by atoms with van der Waals surface area (Å²) in [4.78, 5) is 16.3. The fourth-order valence-corrected chi connectivity index (χ4v) is 3.60. The van der Waals surface area contributed by atoms with Crippen molar-refractivity contribution in [1.82, 2.24) is 10.3 Å². The summed E-state index contributed by atoms with van der Waals surface area (Å²) in [5.41, 5.74) is 0.561. The molecule has 0 bridgehead atoms. The van der Waals surface area contributed by atoms with Crippen LogP contribution in [0.2, 0.25) is 5.15 Å². The van der Waals surface area contributed by atoms with E-state index in [0.717, 1.165) is 13.1 Å². The van der Waals surface area contributed by atoms with E-state index in [0.29, 0.717) is 22.5 Å². The van der Waals surface area contributed by atoms with Crippen LogP contribution in [0.4, 0.5) is 5.82 Å². The molecule has 1 aromatic rings. The molecule has 1 saturated heterocycles. The lowest BCUT2D eigenvalue weighted by Crippen LogP contribution is -2.31. The van der Waals surface area contributed by atoms with Crippen LogP contribution in [0.25, 0.3) is 0 Å². The third-order valence-corrected chi connectivity index (χ3v) is 4.55. The lowest BCUT2D eigenvalue weighted by Gasteiger charge is -2.21. The van der Waals surface area contributed by atoms with Gasteiger partial charge in [0.25, 0.3) is 5.91 Å². The highest BCUT2D eigenvalue weighted by Gasteiger charge is 2.15. The average Bonchev–Trinajstić information content (AvgIpc) is 2.45. The molecule has 0 spiro atoms. The Morgan fingerprint density at radius 3 is 2.90 bits per heavy atom. The summed E-state index contributed by atoms with van der Waals surface area (Å²) in [6, 6.07) is 3.34. The summed E-state index contributed by atoms with van der Waals surface area (Å²) in [6.45, 7) is 3.47. The second-order valence-electron chi connectivity index (χ2n) is 4.86. The largest absolute Gasteiger partial charge is 0.370 e. The molecule has 0 radical (unpaired) electrons. The Labute approximate surface area is 129 Å². The van der Waals surface area contributed by atoms with Crippen LogP contribution in [-0.4, -0.2) is 35.5 Å². The summed E-state index contributed by atoms with van der Waals surface area (Å²) in [5, 5.41) is 6.41. The van der Waals surface area contributed by atoms with Gasteiger partial charge in [0.05, 0.1) is 0 Å². The minimum Gasteiger partial charge on any atom is -0.370 e. The first kappa shape index (κ1) is 15.4. The van der Waals surface area contributed by atoms with E-state index in [2.05, 4.69) is 15.6 Å². The lowest BCUT2D eigenvalue weighted by atomic mass is 10.0. The van der Waals surface area contributed by atoms with Crippen molar-refractivity contribution in [3.63, 3.8) is 0 Å². The number of nitrogens with one attached hydrogen (secondary N) is 2. The molecule has 2 N–H and O–H groups in total. The second kappa shape index (κ2) is 7.74. The first-order valence-electron chi connectivity index (χ1n) is 6.96. The first-order valence-corrected chi connectivity index (χ1v) is 8.49. The number of thioether (sulfide) groups is 1. The number of aromatic nitrogens is 1. The van der Waals surface area contributed by atoms with Crippen molar-refractivity contribution in [3.05, 3.63) is 22.8 Å². The van der Waals surface area contributed by atoms with Gasteiger partial charge in [0, 0.05) is 18.7 Å². The van der Waals surface area contributed by atoms with E-state index in [4.69, 9.17) is 11.6 Å². The van der Waals surface area contributed by atoms with Crippen molar-refractivity contribution < 1.29 is 4.79 Å². The summed E-state index contributed by atoms with van der Waals surface area (Å²) >= 11 is 7.94. The number of hydrogen-bond donors (Lipinski definition) is 2. The van der Waals surface area contributed by atoms with Crippen LogP contribution in [0.15, 0.2) is 12.1 Å². The first-order chi connectivity index (χ1) is 9.69. The van der Waals surface area contributed by atoms with E-state index in [1.807, 2.05) is 18.7 Å². The monoisotopic (exact) mass is 313 g/mol. The zero-order chi connectivity index (χ0) is 14.4. The number of nitrogens with zero attached hydrogens (tertiary/aromatic N) is 1. The van der Waals surface area contributed by atoms with Crippen molar-refractivity contribution >= 4 is 35.1 Å². The average molecular weight is 314 g/mol. The molecule has 0 aromatic carbocycles. The number of pyridine rings is 1. The number of halogens is 1. The van der Waals surface area contributed by atoms with Gasteiger partial charge in [-0.25, -0.2) is 4.98 Å². The van der Waals surface area contributed by atoms with Gasteiger partial charge in [0.1, 0.15) is 11.0 Å². The molecule has 4 nitrogen and oxygen atoms in total. The van der Waals surface area contributed by atoms with Gasteiger partial charge >= 0.3 is 0 Å². The Hall–Kier alpha value is -0.940. The van der Waals surface area contributed by atoms with E-state index >= 15 is 0 Å². The van der Waals surface area contributed by atoms with E-state index in [1.165, 1.54) is 24.3 Å². The molecule has 1 aliphatic heterocycles. The topological polar surface area (TPSA) is 54.0 Å². The van der Waals surface area contributed by atoms with Crippen LogP contribution in [0.5, 0.6) is 0 Å². The normalized spacial score (nSPS) is 15.9. The van der Waals surface area contributed by atoms with Gasteiger partial charge in [-0.15, -0.1) is 0 Å². The molecule has 110 valence electrons. The van der Waals surface area contributed by atoms with E-state index in [9.17, 15) is 4.79 Å². The molecule has 2 rings (SSSR count). The number of hydrogen-bond acceptors (Lipinski definition) is 4. The number of rotatable bonds is 5. The van der Waals surface area contributed by atoms with Gasteiger partial charge in [-0.1, -0.05) is 11.6 Å². The van der Waals surface area contributed by atoms with Crippen LogP contribution in [0.1, 0.15) is 30.1 Å². The van der Waals surface area contributed by atoms with Crippen LogP contribution in [0, 0.1) is 5.92 Å². The van der Waals surface area contributed by atoms with Crippen molar-refractivity contribution in [2.24, 2.45) is 5.92 Å². The molecule has 0 unspecified atom stereocenters. The predicted octanol–water partition coefficient (Wildman–Crippen LogP) is 3.04. The molecule has 0 aliphatic carbocycles. The van der Waals surface area contributed by atoms with Crippen LogP contribution >= 0.6 is 23.4 Å². The Morgan fingerprint density at radius 2 is 2.20 bits per heavy atom. The Morgan fingerprint density at radius 1 is 1.45 bits per heavy atom. The van der Waals surface area contributed by atoms with Gasteiger partial charge in [0.2, 0.25) is 0 Å². The molecular formula is C14H20ClN3OS. The number of anilines is 1. The third-order valence-electron chi connectivity index (χ3n) is 3.31. The number of amides is 1. The van der Waals surface area contributed by atoms with Gasteiger partial charge in [-0.2, -0.15) is 11.8 Å². The zero-order valence-corrected chi connectivity index (χ0v) is 13.2. The van der Waals surface area contributed by atoms with Crippen LogP contribution in [0.3, 0.4) is 0 Å². The summed E-state index contributed by atoms with van der Waals surface area (Å²) in [6.07, 6.45) is 2.37. The smallest absolute Gasteiger partial charge is 0.251 e. The van der Waals surface area contributed by atoms with Crippen molar-refractivity contribution in [3.8, 4) is 0 Å². The Kier molecular flexibility index (Phi) is 5.98. The van der Waals surface area contributed by atoms with E-state index in [-0.39, 0.29) is 5.91 Å². The quantitative estimate of drug-likeness (QED) is 0.820. The second-order valence-corrected chi connectivity index (χ2v) is 6.47. The van der Waals surface area contributed by atoms with E-state index < -0.39 is 0 Å². The van der Waals surface area contributed by atoms with Crippen molar-refractivity contribution in [2.75, 3.05) is 29.9 Å². The minimum absolute atomic E-state index is 0.0771. The molecule has 1 aromatic heterocycles. The van der Waals surface area contributed by atoms with Gasteiger partial charge in [0.15, 0.2) is 0 Å². The van der Waals surface area contributed by atoms with Crippen molar-refractivity contribution in [1.29, 1.82) is 0 Å². The zero-order valence-electron chi connectivity index (χ0n) is 11.6. The Balaban J connectivity index is 1.93. The lowest BCUT2D eigenvalue weighted by molar-refractivity contribution is 0.0946. The highest BCUT2D eigenvalue weighted by Crippen LogP contribution is 2.22. The van der Waals surface area contributed by atoms with E-state index in [1.54, 1.807) is 12.1 Å². The standard InChI is InChI=1S/C14H20ClN3OS/c1-2-16-13-8-11(7-12(15)18-13)14(19)17-9-10-3-5-20-6-4-10/h7-8,10H,2-6,9H2,1H3,(H,16,18)(H,17,19). The Bertz CT molecular complexity index is 464. The van der Waals surface area contributed by atoms with Gasteiger partial charge < -0.3 is 10.6 Å². The molecule has 0 saturated carbocycles.